The molecule has 0 aromatic heterocycles. The number of carbonyl (C=O) groups is 1. The van der Waals surface area contributed by atoms with Gasteiger partial charge in [-0.05, 0) is 25.2 Å². The van der Waals surface area contributed by atoms with Gasteiger partial charge in [0.15, 0.2) is 17.3 Å². The highest BCUT2D eigenvalue weighted by molar-refractivity contribution is 6.00. The molecule has 1 aliphatic heterocycles. The van der Waals surface area contributed by atoms with Crippen molar-refractivity contribution < 1.29 is 19.0 Å². The first-order valence-electron chi connectivity index (χ1n) is 6.22. The number of ketones is 1. The van der Waals surface area contributed by atoms with Crippen LogP contribution in [0, 0.1) is 0 Å². The highest BCUT2D eigenvalue weighted by Gasteiger charge is 2.26. The minimum Gasteiger partial charge on any atom is -0.493 e. The average molecular weight is 265 g/mol. The van der Waals surface area contributed by atoms with E-state index in [1.54, 1.807) is 32.4 Å². The molecule has 0 saturated carbocycles. The maximum Gasteiger partial charge on any atom is 0.193 e. The summed E-state index contributed by atoms with van der Waals surface area (Å²) in [5, 5.41) is 0. The van der Waals surface area contributed by atoms with Gasteiger partial charge < -0.3 is 19.1 Å². The minimum absolute atomic E-state index is 0.0208. The molecule has 2 rings (SSSR count). The van der Waals surface area contributed by atoms with E-state index in [1.165, 1.54) is 0 Å². The van der Waals surface area contributed by atoms with Crippen molar-refractivity contribution in [3.63, 3.8) is 0 Å². The summed E-state index contributed by atoms with van der Waals surface area (Å²) in [5.74, 6) is 1.14. The first-order chi connectivity index (χ1) is 9.15. The first-order valence-corrected chi connectivity index (χ1v) is 6.22. The molecule has 1 aromatic carbocycles. The number of carbonyl (C=O) groups excluding carboxylic acids is 1. The standard InChI is InChI=1S/C14H19NO4/c1-15-6-7-19-13(9-15)14(16)10-4-5-11(17-2)12(8-10)18-3/h4-5,8,13H,6-7,9H2,1-3H3. The van der Waals surface area contributed by atoms with Crippen LogP contribution in [0.15, 0.2) is 18.2 Å². The highest BCUT2D eigenvalue weighted by atomic mass is 16.5. The summed E-state index contributed by atoms with van der Waals surface area (Å²) in [5.41, 5.74) is 0.581. The van der Waals surface area contributed by atoms with Crippen LogP contribution in [0.1, 0.15) is 10.4 Å². The van der Waals surface area contributed by atoms with E-state index in [-0.39, 0.29) is 5.78 Å². The fourth-order valence-corrected chi connectivity index (χ4v) is 2.11. The summed E-state index contributed by atoms with van der Waals surface area (Å²) in [4.78, 5) is 14.5. The van der Waals surface area contributed by atoms with Crippen molar-refractivity contribution >= 4 is 5.78 Å². The van der Waals surface area contributed by atoms with Gasteiger partial charge in [0.2, 0.25) is 0 Å². The van der Waals surface area contributed by atoms with Crippen molar-refractivity contribution in [2.24, 2.45) is 0 Å². The van der Waals surface area contributed by atoms with Crippen LogP contribution < -0.4 is 9.47 Å². The molecule has 5 heteroatoms. The molecule has 0 N–H and O–H groups in total. The molecule has 1 saturated heterocycles. The van der Waals surface area contributed by atoms with Crippen LogP contribution in [0.4, 0.5) is 0 Å². The highest BCUT2D eigenvalue weighted by Crippen LogP contribution is 2.28. The van der Waals surface area contributed by atoms with E-state index in [2.05, 4.69) is 4.90 Å². The Hall–Kier alpha value is -1.59. The maximum atomic E-state index is 12.4. The molecule has 0 spiro atoms. The van der Waals surface area contributed by atoms with Crippen LogP contribution in [-0.2, 0) is 4.74 Å². The van der Waals surface area contributed by atoms with Gasteiger partial charge in [0.05, 0.1) is 20.8 Å². The lowest BCUT2D eigenvalue weighted by atomic mass is 10.0. The predicted molar refractivity (Wildman–Crippen MR) is 71.1 cm³/mol. The lowest BCUT2D eigenvalue weighted by Gasteiger charge is -2.29. The third-order valence-electron chi connectivity index (χ3n) is 3.23. The van der Waals surface area contributed by atoms with Crippen molar-refractivity contribution in [2.75, 3.05) is 41.0 Å². The molecule has 0 radical (unpaired) electrons. The van der Waals surface area contributed by atoms with Gasteiger partial charge in [-0.15, -0.1) is 0 Å². The molecule has 1 aliphatic rings. The van der Waals surface area contributed by atoms with Crippen molar-refractivity contribution in [3.05, 3.63) is 23.8 Å². The number of methoxy groups -OCH3 is 2. The van der Waals surface area contributed by atoms with Crippen LogP contribution in [0.5, 0.6) is 11.5 Å². The lowest BCUT2D eigenvalue weighted by molar-refractivity contribution is -0.00863. The molecule has 0 amide bonds. The average Bonchev–Trinajstić information content (AvgIpc) is 2.45. The van der Waals surface area contributed by atoms with E-state index in [0.29, 0.717) is 30.2 Å². The largest absolute Gasteiger partial charge is 0.493 e. The predicted octanol–water partition coefficient (Wildman–Crippen LogP) is 1.22. The summed E-state index contributed by atoms with van der Waals surface area (Å²) in [6, 6.07) is 5.17. The Balaban J connectivity index is 2.19. The van der Waals surface area contributed by atoms with Gasteiger partial charge in [-0.3, -0.25) is 4.79 Å². The summed E-state index contributed by atoms with van der Waals surface area (Å²) in [6.45, 7) is 2.06. The minimum atomic E-state index is -0.406. The van der Waals surface area contributed by atoms with Crippen LogP contribution in [0.25, 0.3) is 0 Å². The normalized spacial score (nSPS) is 20.1. The quantitative estimate of drug-likeness (QED) is 0.766. The first kappa shape index (κ1) is 13.8. The van der Waals surface area contributed by atoms with Gasteiger partial charge in [-0.1, -0.05) is 0 Å². The van der Waals surface area contributed by atoms with E-state index in [0.717, 1.165) is 6.54 Å². The second-order valence-corrected chi connectivity index (χ2v) is 4.56. The molecule has 1 unspecified atom stereocenters. The number of rotatable bonds is 4. The second kappa shape index (κ2) is 6.04. The van der Waals surface area contributed by atoms with E-state index in [1.807, 2.05) is 7.05 Å². The molecule has 1 fully saturated rings. The Bertz CT molecular complexity index is 461. The summed E-state index contributed by atoms with van der Waals surface area (Å²) in [6.07, 6.45) is -0.406. The number of hydrogen-bond acceptors (Lipinski definition) is 5. The number of benzene rings is 1. The molecule has 1 atom stereocenters. The Morgan fingerprint density at radius 1 is 1.32 bits per heavy atom. The number of likely N-dealkylation sites (N-methyl/N-ethyl adjacent to an activating group) is 1. The Morgan fingerprint density at radius 3 is 2.68 bits per heavy atom. The number of ether oxygens (including phenoxy) is 3. The van der Waals surface area contributed by atoms with Crippen molar-refractivity contribution in [3.8, 4) is 11.5 Å². The summed E-state index contributed by atoms with van der Waals surface area (Å²) < 4.78 is 15.9. The third kappa shape index (κ3) is 3.05. The number of hydrogen-bond donors (Lipinski definition) is 0. The molecule has 5 nitrogen and oxygen atoms in total. The number of Topliss-reactive ketones (excluding diaryl/α,β-unsaturated/α-hetero) is 1. The van der Waals surface area contributed by atoms with E-state index in [9.17, 15) is 4.79 Å². The molecular formula is C14H19NO4. The zero-order chi connectivity index (χ0) is 13.8. The van der Waals surface area contributed by atoms with Crippen LogP contribution >= 0.6 is 0 Å². The van der Waals surface area contributed by atoms with E-state index in [4.69, 9.17) is 14.2 Å². The molecule has 104 valence electrons. The van der Waals surface area contributed by atoms with E-state index >= 15 is 0 Å². The SMILES string of the molecule is COc1ccc(C(=O)C2CN(C)CCO2)cc1OC. The molecule has 1 aromatic rings. The van der Waals surface area contributed by atoms with Gasteiger partial charge in [-0.25, -0.2) is 0 Å². The van der Waals surface area contributed by atoms with Crippen molar-refractivity contribution in [2.45, 2.75) is 6.10 Å². The smallest absolute Gasteiger partial charge is 0.193 e. The zero-order valence-electron chi connectivity index (χ0n) is 11.5. The second-order valence-electron chi connectivity index (χ2n) is 4.56. The van der Waals surface area contributed by atoms with Crippen molar-refractivity contribution in [1.29, 1.82) is 0 Å². The Labute approximate surface area is 113 Å². The van der Waals surface area contributed by atoms with Crippen LogP contribution in [-0.4, -0.2) is 57.8 Å². The molecular weight excluding hydrogens is 246 g/mol. The fraction of sp³-hybridized carbons (Fsp3) is 0.500. The molecule has 1 heterocycles. The van der Waals surface area contributed by atoms with Crippen LogP contribution in [0.3, 0.4) is 0 Å². The molecule has 19 heavy (non-hydrogen) atoms. The van der Waals surface area contributed by atoms with Gasteiger partial charge in [0, 0.05) is 18.7 Å². The van der Waals surface area contributed by atoms with Gasteiger partial charge in [0.1, 0.15) is 6.10 Å². The van der Waals surface area contributed by atoms with E-state index < -0.39 is 6.10 Å². The Morgan fingerprint density at radius 2 is 2.05 bits per heavy atom. The molecule has 0 bridgehead atoms. The zero-order valence-corrected chi connectivity index (χ0v) is 11.5. The third-order valence-corrected chi connectivity index (χ3v) is 3.23. The van der Waals surface area contributed by atoms with Gasteiger partial charge >= 0.3 is 0 Å². The van der Waals surface area contributed by atoms with Crippen LogP contribution in [0.2, 0.25) is 0 Å². The maximum absolute atomic E-state index is 12.4. The van der Waals surface area contributed by atoms with Gasteiger partial charge in [-0.2, -0.15) is 0 Å². The monoisotopic (exact) mass is 265 g/mol. The molecule has 0 aliphatic carbocycles. The lowest BCUT2D eigenvalue weighted by Crippen LogP contribution is -2.44. The van der Waals surface area contributed by atoms with Gasteiger partial charge in [0.25, 0.3) is 0 Å². The number of nitrogens with zero attached hydrogens (tertiary/aromatic N) is 1. The summed E-state index contributed by atoms with van der Waals surface area (Å²) >= 11 is 0. The fourth-order valence-electron chi connectivity index (χ4n) is 2.11. The number of morpholine rings is 1. The Kier molecular flexibility index (Phi) is 4.39. The summed E-state index contributed by atoms with van der Waals surface area (Å²) in [7, 11) is 5.10. The topological polar surface area (TPSA) is 48.0 Å². The van der Waals surface area contributed by atoms with Crippen molar-refractivity contribution in [1.82, 2.24) is 4.90 Å².